The Morgan fingerprint density at radius 1 is 1.12 bits per heavy atom. The van der Waals surface area contributed by atoms with Crippen LogP contribution in [-0.4, -0.2) is 69.5 Å². The molecule has 1 saturated carbocycles. The van der Waals surface area contributed by atoms with Crippen LogP contribution >= 0.6 is 0 Å². The highest BCUT2D eigenvalue weighted by molar-refractivity contribution is 5.65. The summed E-state index contributed by atoms with van der Waals surface area (Å²) >= 11 is 0. The standard InChI is InChI=1S/C22H29N5O5/c1-14-20(31-17-7-10-27(11-8-17)22(28)29)24-13-25-21(14)32-18-5-6-19(26-15(18)2)23-9-12-30-16-3-4-16/h5-6,13,16-17H,3-4,7-12H2,1-2H3,(H,23,26)(H,28,29). The van der Waals surface area contributed by atoms with E-state index in [-0.39, 0.29) is 6.10 Å². The molecule has 1 aliphatic heterocycles. The highest BCUT2D eigenvalue weighted by Gasteiger charge is 2.25. The molecule has 2 aliphatic rings. The molecule has 10 nitrogen and oxygen atoms in total. The lowest BCUT2D eigenvalue weighted by atomic mass is 10.1. The van der Waals surface area contributed by atoms with E-state index in [1.807, 2.05) is 26.0 Å². The summed E-state index contributed by atoms with van der Waals surface area (Å²) in [7, 11) is 0. The molecule has 4 rings (SSSR count). The molecule has 3 heterocycles. The molecular formula is C22H29N5O5. The molecule has 1 aliphatic carbocycles. The summed E-state index contributed by atoms with van der Waals surface area (Å²) in [5, 5.41) is 12.3. The van der Waals surface area contributed by atoms with E-state index in [1.54, 1.807) is 0 Å². The Balaban J connectivity index is 1.34. The van der Waals surface area contributed by atoms with Crippen LogP contribution in [0.3, 0.4) is 0 Å². The van der Waals surface area contributed by atoms with Crippen molar-refractivity contribution in [2.45, 2.75) is 51.7 Å². The average molecular weight is 444 g/mol. The number of ether oxygens (including phenoxy) is 3. The number of anilines is 1. The van der Waals surface area contributed by atoms with Gasteiger partial charge in [0, 0.05) is 32.5 Å². The lowest BCUT2D eigenvalue weighted by Gasteiger charge is -2.30. The van der Waals surface area contributed by atoms with Crippen LogP contribution in [0.2, 0.25) is 0 Å². The van der Waals surface area contributed by atoms with Gasteiger partial charge in [-0.05, 0) is 38.8 Å². The van der Waals surface area contributed by atoms with Crippen LogP contribution in [0.25, 0.3) is 0 Å². The molecule has 0 spiro atoms. The molecule has 172 valence electrons. The third-order valence-electron chi connectivity index (χ3n) is 5.51. The van der Waals surface area contributed by atoms with Gasteiger partial charge < -0.3 is 29.5 Å². The van der Waals surface area contributed by atoms with Crippen molar-refractivity contribution in [2.24, 2.45) is 0 Å². The van der Waals surface area contributed by atoms with Crippen LogP contribution in [0.4, 0.5) is 10.6 Å². The first kappa shape index (κ1) is 22.1. The molecule has 0 aromatic carbocycles. The maximum absolute atomic E-state index is 11.1. The van der Waals surface area contributed by atoms with Crippen LogP contribution in [-0.2, 0) is 4.74 Å². The van der Waals surface area contributed by atoms with E-state index in [4.69, 9.17) is 19.3 Å². The number of piperidine rings is 1. The van der Waals surface area contributed by atoms with E-state index in [0.717, 1.165) is 11.5 Å². The summed E-state index contributed by atoms with van der Waals surface area (Å²) < 4.78 is 17.7. The van der Waals surface area contributed by atoms with Gasteiger partial charge in [0.25, 0.3) is 0 Å². The van der Waals surface area contributed by atoms with E-state index in [9.17, 15) is 4.79 Å². The van der Waals surface area contributed by atoms with Crippen LogP contribution in [0.15, 0.2) is 18.5 Å². The van der Waals surface area contributed by atoms with Crippen molar-refractivity contribution < 1.29 is 24.1 Å². The highest BCUT2D eigenvalue weighted by atomic mass is 16.5. The zero-order chi connectivity index (χ0) is 22.5. The fourth-order valence-electron chi connectivity index (χ4n) is 3.46. The molecule has 1 saturated heterocycles. The van der Waals surface area contributed by atoms with Crippen molar-refractivity contribution in [1.82, 2.24) is 19.9 Å². The number of aryl methyl sites for hydroxylation is 1. The number of nitrogens with one attached hydrogen (secondary N) is 1. The minimum Gasteiger partial charge on any atom is -0.474 e. The fourth-order valence-corrected chi connectivity index (χ4v) is 3.46. The van der Waals surface area contributed by atoms with Crippen molar-refractivity contribution in [3.8, 4) is 17.5 Å². The van der Waals surface area contributed by atoms with Crippen molar-refractivity contribution >= 4 is 11.9 Å². The molecule has 0 atom stereocenters. The smallest absolute Gasteiger partial charge is 0.407 e. The molecule has 2 fully saturated rings. The largest absolute Gasteiger partial charge is 0.474 e. The first-order chi connectivity index (χ1) is 15.5. The lowest BCUT2D eigenvalue weighted by Crippen LogP contribution is -2.41. The SMILES string of the molecule is Cc1nc(NCCOC2CC2)ccc1Oc1ncnc(OC2CCN(C(=O)O)CC2)c1C. The molecular weight excluding hydrogens is 414 g/mol. The molecule has 0 radical (unpaired) electrons. The zero-order valence-corrected chi connectivity index (χ0v) is 18.4. The van der Waals surface area contributed by atoms with Crippen LogP contribution in [0.1, 0.15) is 36.9 Å². The Kier molecular flexibility index (Phi) is 6.89. The van der Waals surface area contributed by atoms with Gasteiger partial charge in [-0.2, -0.15) is 0 Å². The predicted octanol–water partition coefficient (Wildman–Crippen LogP) is 3.39. The zero-order valence-electron chi connectivity index (χ0n) is 18.4. The monoisotopic (exact) mass is 443 g/mol. The maximum Gasteiger partial charge on any atom is 0.407 e. The number of hydrogen-bond acceptors (Lipinski definition) is 8. The van der Waals surface area contributed by atoms with Gasteiger partial charge in [0.2, 0.25) is 11.8 Å². The molecule has 2 aromatic rings. The van der Waals surface area contributed by atoms with Crippen LogP contribution in [0, 0.1) is 13.8 Å². The second-order valence-corrected chi connectivity index (χ2v) is 8.07. The molecule has 2 aromatic heterocycles. The number of rotatable bonds is 9. The van der Waals surface area contributed by atoms with E-state index < -0.39 is 6.09 Å². The number of likely N-dealkylation sites (tertiary alicyclic amines) is 1. The summed E-state index contributed by atoms with van der Waals surface area (Å²) in [5.74, 6) is 2.22. The number of pyridine rings is 1. The number of carbonyl (C=O) groups is 1. The molecule has 10 heteroatoms. The summed E-state index contributed by atoms with van der Waals surface area (Å²) in [6, 6.07) is 3.72. The topological polar surface area (TPSA) is 119 Å². The van der Waals surface area contributed by atoms with Gasteiger partial charge in [0.1, 0.15) is 18.2 Å². The number of amides is 1. The van der Waals surface area contributed by atoms with Crippen molar-refractivity contribution in [1.29, 1.82) is 0 Å². The van der Waals surface area contributed by atoms with Gasteiger partial charge >= 0.3 is 6.09 Å². The summed E-state index contributed by atoms with van der Waals surface area (Å²) in [6.07, 6.45) is 4.45. The summed E-state index contributed by atoms with van der Waals surface area (Å²) in [4.78, 5) is 25.5. The third kappa shape index (κ3) is 5.76. The van der Waals surface area contributed by atoms with E-state index >= 15 is 0 Å². The minimum atomic E-state index is -0.894. The van der Waals surface area contributed by atoms with Crippen molar-refractivity contribution in [2.75, 3.05) is 31.6 Å². The normalized spacial score (nSPS) is 16.6. The fraction of sp³-hybridized carbons (Fsp3) is 0.545. The molecule has 2 N–H and O–H groups in total. The quantitative estimate of drug-likeness (QED) is 0.562. The minimum absolute atomic E-state index is 0.0929. The average Bonchev–Trinajstić information content (AvgIpc) is 3.60. The second kappa shape index (κ2) is 9.99. The van der Waals surface area contributed by atoms with Gasteiger partial charge in [-0.25, -0.2) is 19.7 Å². The Bertz CT molecular complexity index is 944. The van der Waals surface area contributed by atoms with E-state index in [2.05, 4.69) is 20.3 Å². The van der Waals surface area contributed by atoms with Crippen molar-refractivity contribution in [3.63, 3.8) is 0 Å². The number of hydrogen-bond donors (Lipinski definition) is 2. The lowest BCUT2D eigenvalue weighted by molar-refractivity contribution is 0.0864. The van der Waals surface area contributed by atoms with Gasteiger partial charge in [0.05, 0.1) is 24.0 Å². The third-order valence-corrected chi connectivity index (χ3v) is 5.51. The molecule has 0 bridgehead atoms. The second-order valence-electron chi connectivity index (χ2n) is 8.07. The Morgan fingerprint density at radius 3 is 2.56 bits per heavy atom. The number of nitrogens with zero attached hydrogens (tertiary/aromatic N) is 4. The van der Waals surface area contributed by atoms with Crippen molar-refractivity contribution in [3.05, 3.63) is 29.7 Å². The summed E-state index contributed by atoms with van der Waals surface area (Å²) in [6.45, 7) is 6.00. The Hall–Kier alpha value is -3.14. The molecule has 32 heavy (non-hydrogen) atoms. The Morgan fingerprint density at radius 2 is 1.88 bits per heavy atom. The van der Waals surface area contributed by atoms with E-state index in [1.165, 1.54) is 24.1 Å². The summed E-state index contributed by atoms with van der Waals surface area (Å²) in [5.41, 5.74) is 1.42. The van der Waals surface area contributed by atoms with Gasteiger partial charge in [-0.3, -0.25) is 0 Å². The molecule has 0 unspecified atom stereocenters. The molecule has 1 amide bonds. The highest BCUT2D eigenvalue weighted by Crippen LogP contribution is 2.30. The predicted molar refractivity (Wildman–Crippen MR) is 117 cm³/mol. The van der Waals surface area contributed by atoms with Crippen LogP contribution < -0.4 is 14.8 Å². The van der Waals surface area contributed by atoms with Gasteiger partial charge in [-0.1, -0.05) is 0 Å². The number of aromatic nitrogens is 3. The van der Waals surface area contributed by atoms with Gasteiger partial charge in [0.15, 0.2) is 5.75 Å². The Labute approximate surface area is 186 Å². The first-order valence-electron chi connectivity index (χ1n) is 11.0. The van der Waals surface area contributed by atoms with Crippen LogP contribution in [0.5, 0.6) is 17.5 Å². The first-order valence-corrected chi connectivity index (χ1v) is 11.0. The van der Waals surface area contributed by atoms with Gasteiger partial charge in [-0.15, -0.1) is 0 Å². The number of carboxylic acid groups (broad SMARTS) is 1. The van der Waals surface area contributed by atoms with E-state index in [0.29, 0.717) is 68.3 Å². The maximum atomic E-state index is 11.1.